The van der Waals surface area contributed by atoms with Gasteiger partial charge in [0, 0.05) is 13.0 Å². The van der Waals surface area contributed by atoms with Crippen LogP contribution in [0.25, 0.3) is 0 Å². The van der Waals surface area contributed by atoms with Gasteiger partial charge in [0.25, 0.3) is 0 Å². The van der Waals surface area contributed by atoms with Crippen molar-refractivity contribution in [3.05, 3.63) is 29.1 Å². The molecule has 2 aliphatic heterocycles. The molecule has 2 heterocycles. The number of fused-ring (bicyclic) bond motifs is 1. The van der Waals surface area contributed by atoms with Crippen molar-refractivity contribution in [2.24, 2.45) is 0 Å². The number of halogens is 2. The lowest BCUT2D eigenvalue weighted by Crippen LogP contribution is -2.37. The maximum Gasteiger partial charge on any atom is 0.247 e. The molecule has 0 spiro atoms. The van der Waals surface area contributed by atoms with Gasteiger partial charge >= 0.3 is 0 Å². The number of carbonyl (C=O) groups excluding carboxylic acids is 2. The topological polar surface area (TPSA) is 70.2 Å². The summed E-state index contributed by atoms with van der Waals surface area (Å²) in [5.41, 5.74) is 1.79. The smallest absolute Gasteiger partial charge is 0.247 e. The number of nitrogens with one attached hydrogen (secondary N) is 3. The molecule has 21 heavy (non-hydrogen) atoms. The predicted molar refractivity (Wildman–Crippen MR) is 78.9 cm³/mol. The van der Waals surface area contributed by atoms with Crippen LogP contribution in [0.15, 0.2) is 12.1 Å². The average Bonchev–Trinajstić information content (AvgIpc) is 2.89. The third kappa shape index (κ3) is 3.16. The van der Waals surface area contributed by atoms with Crippen LogP contribution in [-0.4, -0.2) is 24.4 Å². The summed E-state index contributed by atoms with van der Waals surface area (Å²) in [6.45, 7) is 1.39. The standard InChI is InChI=1S/C14H16FN3O2.ClH/c15-13-9-5-6-16-7-8(9)1-2-10(13)18-14(20)11-3-4-12(19)17-11;/h1-2,11,16H,3-7H2,(H,17,19)(H,18,20);1H/t11-;/m0./s1. The van der Waals surface area contributed by atoms with Gasteiger partial charge in [-0.1, -0.05) is 6.07 Å². The highest BCUT2D eigenvalue weighted by Crippen LogP contribution is 2.25. The van der Waals surface area contributed by atoms with Crippen molar-refractivity contribution >= 4 is 29.9 Å². The molecule has 3 N–H and O–H groups in total. The van der Waals surface area contributed by atoms with Gasteiger partial charge in [-0.2, -0.15) is 0 Å². The van der Waals surface area contributed by atoms with Gasteiger partial charge < -0.3 is 16.0 Å². The maximum absolute atomic E-state index is 14.3. The Hall–Kier alpha value is -1.66. The summed E-state index contributed by atoms with van der Waals surface area (Å²) < 4.78 is 14.3. The molecule has 1 atom stereocenters. The lowest BCUT2D eigenvalue weighted by atomic mass is 9.99. The van der Waals surface area contributed by atoms with Crippen LogP contribution in [0.5, 0.6) is 0 Å². The van der Waals surface area contributed by atoms with E-state index in [4.69, 9.17) is 0 Å². The van der Waals surface area contributed by atoms with Crippen LogP contribution in [0.4, 0.5) is 10.1 Å². The van der Waals surface area contributed by atoms with Gasteiger partial charge in [-0.3, -0.25) is 9.59 Å². The Labute approximate surface area is 128 Å². The van der Waals surface area contributed by atoms with Gasteiger partial charge in [0.2, 0.25) is 11.8 Å². The Morgan fingerprint density at radius 2 is 2.14 bits per heavy atom. The van der Waals surface area contributed by atoms with Gasteiger partial charge in [-0.25, -0.2) is 4.39 Å². The number of hydrogen-bond acceptors (Lipinski definition) is 3. The van der Waals surface area contributed by atoms with E-state index in [-0.39, 0.29) is 35.7 Å². The highest BCUT2D eigenvalue weighted by Gasteiger charge is 2.28. The van der Waals surface area contributed by atoms with E-state index in [0.717, 1.165) is 12.1 Å². The summed E-state index contributed by atoms with van der Waals surface area (Å²) in [6, 6.07) is 2.85. The molecule has 0 aliphatic carbocycles. The molecule has 1 aromatic carbocycles. The second-order valence-electron chi connectivity index (χ2n) is 5.14. The van der Waals surface area contributed by atoms with Gasteiger partial charge in [0.1, 0.15) is 11.9 Å². The lowest BCUT2D eigenvalue weighted by molar-refractivity contribution is -0.122. The van der Waals surface area contributed by atoms with E-state index in [1.165, 1.54) is 0 Å². The van der Waals surface area contributed by atoms with Crippen molar-refractivity contribution in [1.82, 2.24) is 10.6 Å². The molecule has 5 nitrogen and oxygen atoms in total. The third-order valence-corrected chi connectivity index (χ3v) is 3.78. The van der Waals surface area contributed by atoms with Crippen molar-refractivity contribution in [3.63, 3.8) is 0 Å². The van der Waals surface area contributed by atoms with Crippen LogP contribution in [0.3, 0.4) is 0 Å². The molecule has 0 saturated carbocycles. The van der Waals surface area contributed by atoms with Gasteiger partial charge in [0.05, 0.1) is 5.69 Å². The van der Waals surface area contributed by atoms with Crippen molar-refractivity contribution in [2.45, 2.75) is 31.8 Å². The minimum absolute atomic E-state index is 0. The summed E-state index contributed by atoms with van der Waals surface area (Å²) in [4.78, 5) is 23.1. The van der Waals surface area contributed by atoms with Crippen LogP contribution >= 0.6 is 12.4 Å². The minimum atomic E-state index is -0.556. The molecular formula is C14H17ClFN3O2. The normalized spacial score (nSPS) is 20.2. The van der Waals surface area contributed by atoms with Crippen molar-refractivity contribution in [1.29, 1.82) is 0 Å². The van der Waals surface area contributed by atoms with E-state index in [9.17, 15) is 14.0 Å². The fourth-order valence-corrected chi connectivity index (χ4v) is 2.66. The van der Waals surface area contributed by atoms with E-state index in [1.807, 2.05) is 6.07 Å². The number of amides is 2. The summed E-state index contributed by atoms with van der Waals surface area (Å²) in [6.07, 6.45) is 1.42. The molecule has 2 amide bonds. The molecule has 0 aromatic heterocycles. The molecule has 1 saturated heterocycles. The van der Waals surface area contributed by atoms with Gasteiger partial charge in [-0.15, -0.1) is 12.4 Å². The Balaban J connectivity index is 0.00000161. The minimum Gasteiger partial charge on any atom is -0.344 e. The van der Waals surface area contributed by atoms with E-state index < -0.39 is 6.04 Å². The van der Waals surface area contributed by atoms with Crippen LogP contribution in [-0.2, 0) is 22.6 Å². The van der Waals surface area contributed by atoms with E-state index in [0.29, 0.717) is 31.4 Å². The molecule has 1 fully saturated rings. The molecular weight excluding hydrogens is 297 g/mol. The Morgan fingerprint density at radius 3 is 2.86 bits per heavy atom. The van der Waals surface area contributed by atoms with Crippen molar-refractivity contribution in [2.75, 3.05) is 11.9 Å². The number of carbonyl (C=O) groups is 2. The first kappa shape index (κ1) is 15.7. The molecule has 114 valence electrons. The van der Waals surface area contributed by atoms with Crippen LogP contribution in [0.2, 0.25) is 0 Å². The van der Waals surface area contributed by atoms with Crippen molar-refractivity contribution < 1.29 is 14.0 Å². The van der Waals surface area contributed by atoms with Gasteiger partial charge in [0.15, 0.2) is 0 Å². The fraction of sp³-hybridized carbons (Fsp3) is 0.429. The SMILES string of the molecule is Cl.O=C1CC[C@@H](C(=O)Nc2ccc3c(c2F)CCNC3)N1. The Bertz CT molecular complexity index is 580. The highest BCUT2D eigenvalue weighted by atomic mass is 35.5. The quantitative estimate of drug-likeness (QED) is 0.766. The highest BCUT2D eigenvalue weighted by molar-refractivity contribution is 5.99. The molecule has 1 aromatic rings. The zero-order chi connectivity index (χ0) is 14.1. The summed E-state index contributed by atoms with van der Waals surface area (Å²) in [5, 5.41) is 8.32. The molecule has 0 radical (unpaired) electrons. The summed E-state index contributed by atoms with van der Waals surface area (Å²) in [7, 11) is 0. The predicted octanol–water partition coefficient (Wildman–Crippen LogP) is 1.11. The number of benzene rings is 1. The second-order valence-corrected chi connectivity index (χ2v) is 5.14. The number of rotatable bonds is 2. The van der Waals surface area contributed by atoms with Gasteiger partial charge in [-0.05, 0) is 36.6 Å². The van der Waals surface area contributed by atoms with E-state index in [1.54, 1.807) is 6.07 Å². The first-order chi connectivity index (χ1) is 9.65. The van der Waals surface area contributed by atoms with Crippen LogP contribution in [0.1, 0.15) is 24.0 Å². The monoisotopic (exact) mass is 313 g/mol. The Kier molecular flexibility index (Phi) is 4.80. The number of anilines is 1. The van der Waals surface area contributed by atoms with E-state index >= 15 is 0 Å². The first-order valence-electron chi connectivity index (χ1n) is 6.76. The van der Waals surface area contributed by atoms with Crippen molar-refractivity contribution in [3.8, 4) is 0 Å². The first-order valence-corrected chi connectivity index (χ1v) is 6.76. The molecule has 0 bridgehead atoms. The Morgan fingerprint density at radius 1 is 1.33 bits per heavy atom. The largest absolute Gasteiger partial charge is 0.344 e. The van der Waals surface area contributed by atoms with Crippen LogP contribution in [0, 0.1) is 5.82 Å². The second kappa shape index (κ2) is 6.41. The molecule has 0 unspecified atom stereocenters. The summed E-state index contributed by atoms with van der Waals surface area (Å²) in [5.74, 6) is -0.854. The lowest BCUT2D eigenvalue weighted by Gasteiger charge is -2.20. The third-order valence-electron chi connectivity index (χ3n) is 3.78. The fourth-order valence-electron chi connectivity index (χ4n) is 2.66. The van der Waals surface area contributed by atoms with E-state index in [2.05, 4.69) is 16.0 Å². The van der Waals surface area contributed by atoms with Crippen LogP contribution < -0.4 is 16.0 Å². The zero-order valence-electron chi connectivity index (χ0n) is 11.4. The average molecular weight is 314 g/mol. The maximum atomic E-state index is 14.3. The molecule has 3 rings (SSSR count). The molecule has 7 heteroatoms. The summed E-state index contributed by atoms with van der Waals surface area (Å²) >= 11 is 0. The number of hydrogen-bond donors (Lipinski definition) is 3. The zero-order valence-corrected chi connectivity index (χ0v) is 12.2. The molecule has 2 aliphatic rings.